The molecule has 1 heterocycles. The van der Waals surface area contributed by atoms with Crippen molar-refractivity contribution in [2.75, 3.05) is 0 Å². The van der Waals surface area contributed by atoms with E-state index in [-0.39, 0.29) is 11.2 Å². The Balaban J connectivity index is 0.000000500. The van der Waals surface area contributed by atoms with Crippen LogP contribution in [0.4, 0.5) is 13.2 Å². The minimum absolute atomic E-state index is 0.208. The Morgan fingerprint density at radius 1 is 1.43 bits per heavy atom. The van der Waals surface area contributed by atoms with Crippen LogP contribution in [-0.4, -0.2) is 11.6 Å². The zero-order valence-electron chi connectivity index (χ0n) is 6.73. The van der Waals surface area contributed by atoms with Crippen molar-refractivity contribution in [1.82, 2.24) is 0 Å². The molecule has 0 fully saturated rings. The molecule has 0 saturated heterocycles. The topological polar surface area (TPSA) is 64.2 Å². The third-order valence-corrected chi connectivity index (χ3v) is 1.11. The van der Waals surface area contributed by atoms with Crippen LogP contribution in [0, 0.1) is 5.21 Å². The number of hydrogen-bond donors (Lipinski definition) is 1. The highest BCUT2D eigenvalue weighted by Gasteiger charge is 2.39. The van der Waals surface area contributed by atoms with Crippen molar-refractivity contribution in [2.24, 2.45) is 0 Å². The Morgan fingerprint density at radius 2 is 1.93 bits per heavy atom. The molecule has 1 N–H and O–H groups in total. The molecule has 0 aliphatic rings. The van der Waals surface area contributed by atoms with Crippen LogP contribution < -0.4 is 4.73 Å². The molecule has 1 aromatic rings. The van der Waals surface area contributed by atoms with Crippen LogP contribution in [-0.2, 0) is 11.0 Å². The molecule has 78 valence electrons. The first-order chi connectivity index (χ1) is 6.43. The number of carbonyl (C=O) groups is 1. The summed E-state index contributed by atoms with van der Waals surface area (Å²) >= 11 is 0. The van der Waals surface area contributed by atoms with Crippen molar-refractivity contribution in [3.8, 4) is 0 Å². The summed E-state index contributed by atoms with van der Waals surface area (Å²) in [5, 5.41) is 17.4. The van der Waals surface area contributed by atoms with Crippen LogP contribution in [0.1, 0.15) is 5.69 Å². The Kier molecular flexibility index (Phi) is 4.41. The molecule has 4 nitrogen and oxygen atoms in total. The number of rotatable bonds is 0. The molecule has 1 rings (SSSR count). The van der Waals surface area contributed by atoms with Gasteiger partial charge in [0.05, 0.1) is 0 Å². The molecule has 0 atom stereocenters. The molecule has 0 unspecified atom stereocenters. The lowest BCUT2D eigenvalue weighted by Crippen LogP contribution is -2.35. The normalized spacial score (nSPS) is 9.93. The standard InChI is InChI=1S/C6H4F3NO.CH2O2/c7-6(8,9)5-3-1-2-4-10(5)11;2-1-3/h1-4H;1H,(H,2,3). The molecule has 0 radical (unpaired) electrons. The molecular formula is C7H6F3NO3. The fraction of sp³-hybridized carbons (Fsp3) is 0.143. The Bertz CT molecular complexity index is 300. The smallest absolute Gasteiger partial charge is 0.478 e. The molecule has 7 heteroatoms. The van der Waals surface area contributed by atoms with E-state index in [0.717, 1.165) is 18.3 Å². The highest BCUT2D eigenvalue weighted by molar-refractivity contribution is 5.32. The van der Waals surface area contributed by atoms with Crippen LogP contribution in [0.2, 0.25) is 0 Å². The van der Waals surface area contributed by atoms with Gasteiger partial charge in [0.2, 0.25) is 0 Å². The summed E-state index contributed by atoms with van der Waals surface area (Å²) < 4.78 is 35.3. The van der Waals surface area contributed by atoms with Gasteiger partial charge in [-0.25, -0.2) is 0 Å². The number of hydrogen-bond acceptors (Lipinski definition) is 2. The molecule has 0 aromatic carbocycles. The van der Waals surface area contributed by atoms with Gasteiger partial charge in [-0.3, -0.25) is 4.79 Å². The van der Waals surface area contributed by atoms with E-state index in [9.17, 15) is 18.4 Å². The Labute approximate surface area is 76.8 Å². The van der Waals surface area contributed by atoms with Gasteiger partial charge in [0, 0.05) is 12.1 Å². The summed E-state index contributed by atoms with van der Waals surface area (Å²) in [4.78, 5) is 8.36. The SMILES string of the molecule is O=CO.[O-][n+]1ccccc1C(F)(F)F. The van der Waals surface area contributed by atoms with Crippen molar-refractivity contribution in [1.29, 1.82) is 0 Å². The van der Waals surface area contributed by atoms with Crippen molar-refractivity contribution in [3.05, 3.63) is 35.3 Å². The van der Waals surface area contributed by atoms with E-state index in [4.69, 9.17) is 9.90 Å². The first kappa shape index (κ1) is 12.2. The predicted octanol–water partition coefficient (Wildman–Crippen LogP) is 1.04. The second kappa shape index (κ2) is 5.05. The summed E-state index contributed by atoms with van der Waals surface area (Å²) in [7, 11) is 0. The lowest BCUT2D eigenvalue weighted by Gasteiger charge is -2.05. The first-order valence-electron chi connectivity index (χ1n) is 3.26. The van der Waals surface area contributed by atoms with E-state index in [1.54, 1.807) is 0 Å². The van der Waals surface area contributed by atoms with Gasteiger partial charge in [-0.2, -0.15) is 17.9 Å². The Morgan fingerprint density at radius 3 is 2.21 bits per heavy atom. The van der Waals surface area contributed by atoms with Crippen LogP contribution in [0.15, 0.2) is 24.4 Å². The van der Waals surface area contributed by atoms with E-state index in [1.807, 2.05) is 0 Å². The zero-order valence-corrected chi connectivity index (χ0v) is 6.73. The molecule has 0 spiro atoms. The molecule has 0 amide bonds. The summed E-state index contributed by atoms with van der Waals surface area (Å²) in [6.07, 6.45) is -3.76. The summed E-state index contributed by atoms with van der Waals surface area (Å²) in [6, 6.07) is 3.13. The number of pyridine rings is 1. The fourth-order valence-electron chi connectivity index (χ4n) is 0.648. The minimum atomic E-state index is -4.57. The van der Waals surface area contributed by atoms with Crippen molar-refractivity contribution < 1.29 is 27.8 Å². The molecule has 1 aromatic heterocycles. The average Bonchev–Trinajstić information content (AvgIpc) is 2.04. The van der Waals surface area contributed by atoms with Gasteiger partial charge >= 0.3 is 6.18 Å². The van der Waals surface area contributed by atoms with E-state index in [2.05, 4.69) is 0 Å². The van der Waals surface area contributed by atoms with Crippen molar-refractivity contribution in [3.63, 3.8) is 0 Å². The number of halogens is 3. The maximum absolute atomic E-state index is 11.8. The number of alkyl halides is 3. The summed E-state index contributed by atoms with van der Waals surface area (Å²) in [6.45, 7) is -0.250. The maximum atomic E-state index is 11.8. The van der Waals surface area contributed by atoms with E-state index in [0.29, 0.717) is 0 Å². The van der Waals surface area contributed by atoms with Crippen molar-refractivity contribution in [2.45, 2.75) is 6.18 Å². The summed E-state index contributed by atoms with van der Waals surface area (Å²) in [5.74, 6) is 0. The molecule has 0 saturated carbocycles. The second-order valence-electron chi connectivity index (χ2n) is 2.01. The number of carboxylic acid groups (broad SMARTS) is 1. The quantitative estimate of drug-likeness (QED) is 0.394. The molecule has 14 heavy (non-hydrogen) atoms. The van der Waals surface area contributed by atoms with Gasteiger partial charge in [0.15, 0.2) is 6.20 Å². The third kappa shape index (κ3) is 3.74. The highest BCUT2D eigenvalue weighted by atomic mass is 19.4. The van der Waals surface area contributed by atoms with Crippen LogP contribution in [0.5, 0.6) is 0 Å². The number of aromatic nitrogens is 1. The molecule has 0 bridgehead atoms. The van der Waals surface area contributed by atoms with Gasteiger partial charge in [-0.15, -0.1) is 0 Å². The molecule has 0 aliphatic carbocycles. The average molecular weight is 209 g/mol. The number of nitrogens with zero attached hydrogens (tertiary/aromatic N) is 1. The van der Waals surface area contributed by atoms with Crippen molar-refractivity contribution >= 4 is 6.47 Å². The Hall–Kier alpha value is -1.79. The van der Waals surface area contributed by atoms with Crippen LogP contribution >= 0.6 is 0 Å². The molecule has 0 aliphatic heterocycles. The van der Waals surface area contributed by atoms with Crippen LogP contribution in [0.3, 0.4) is 0 Å². The summed E-state index contributed by atoms with van der Waals surface area (Å²) in [5.41, 5.74) is -1.19. The van der Waals surface area contributed by atoms with Gasteiger partial charge in [0.25, 0.3) is 12.2 Å². The monoisotopic (exact) mass is 209 g/mol. The van der Waals surface area contributed by atoms with Crippen LogP contribution in [0.25, 0.3) is 0 Å². The lowest BCUT2D eigenvalue weighted by molar-refractivity contribution is -0.629. The van der Waals surface area contributed by atoms with Gasteiger partial charge < -0.3 is 10.3 Å². The van der Waals surface area contributed by atoms with E-state index >= 15 is 0 Å². The molecular weight excluding hydrogens is 203 g/mol. The van der Waals surface area contributed by atoms with Gasteiger partial charge in [-0.05, 0) is 6.07 Å². The fourth-order valence-corrected chi connectivity index (χ4v) is 0.648. The second-order valence-corrected chi connectivity index (χ2v) is 2.01. The first-order valence-corrected chi connectivity index (χ1v) is 3.26. The van der Waals surface area contributed by atoms with E-state index in [1.165, 1.54) is 6.07 Å². The minimum Gasteiger partial charge on any atom is -0.618 e. The highest BCUT2D eigenvalue weighted by Crippen LogP contribution is 2.25. The predicted molar refractivity (Wildman–Crippen MR) is 39.1 cm³/mol. The lowest BCUT2D eigenvalue weighted by atomic mass is 10.3. The largest absolute Gasteiger partial charge is 0.618 e. The van der Waals surface area contributed by atoms with Gasteiger partial charge in [-0.1, -0.05) is 0 Å². The zero-order chi connectivity index (χ0) is 11.2. The third-order valence-electron chi connectivity index (χ3n) is 1.11. The van der Waals surface area contributed by atoms with E-state index < -0.39 is 11.9 Å². The van der Waals surface area contributed by atoms with Gasteiger partial charge in [0.1, 0.15) is 0 Å². The maximum Gasteiger partial charge on any atom is 0.478 e.